The van der Waals surface area contributed by atoms with Crippen LogP contribution in [0.5, 0.6) is 0 Å². The summed E-state index contributed by atoms with van der Waals surface area (Å²) >= 11 is 11.6. The molecule has 2 heterocycles. The van der Waals surface area contributed by atoms with Gasteiger partial charge in [0.2, 0.25) is 0 Å². The normalized spacial score (nSPS) is 15.1. The smallest absolute Gasteiger partial charge is 0.270 e. The molecule has 1 aromatic heterocycles. The summed E-state index contributed by atoms with van der Waals surface area (Å²) in [7, 11) is 0. The lowest BCUT2D eigenvalue weighted by molar-refractivity contribution is -0.122. The molecule has 4 aromatic carbocycles. The lowest BCUT2D eigenvalue weighted by atomic mass is 10.1. The largest absolute Gasteiger partial charge is 0.342 e. The molecule has 0 radical (unpaired) electrons. The first kappa shape index (κ1) is 23.2. The Bertz CT molecular complexity index is 1770. The number of hydrogen-bond donors (Lipinski definition) is 1. The fourth-order valence-electron chi connectivity index (χ4n) is 4.72. The summed E-state index contributed by atoms with van der Waals surface area (Å²) in [6.07, 6.45) is 3.60. The standard InChI is InChI=1S/C30H20ClN3O2S/c31-25-10-4-6-12-27(25)34-29(36)24(28(35)32-30(34)37)16-22-18-33(26-11-5-3-9-23(22)26)17-19-13-14-20-7-1-2-8-21(20)15-19/h1-16,18H,17H2,(H,32,35,37)/b24-16+. The van der Waals surface area contributed by atoms with Gasteiger partial charge in [0.15, 0.2) is 5.11 Å². The molecule has 0 atom stereocenters. The van der Waals surface area contributed by atoms with Crippen LogP contribution in [0.1, 0.15) is 11.1 Å². The van der Waals surface area contributed by atoms with E-state index >= 15 is 0 Å². The van der Waals surface area contributed by atoms with Gasteiger partial charge >= 0.3 is 0 Å². The highest BCUT2D eigenvalue weighted by atomic mass is 35.5. The second kappa shape index (κ2) is 9.32. The van der Waals surface area contributed by atoms with E-state index in [1.54, 1.807) is 30.3 Å². The van der Waals surface area contributed by atoms with Gasteiger partial charge in [-0.1, -0.05) is 78.3 Å². The van der Waals surface area contributed by atoms with Gasteiger partial charge in [0.05, 0.1) is 10.7 Å². The first-order chi connectivity index (χ1) is 18.0. The van der Waals surface area contributed by atoms with Crippen molar-refractivity contribution in [2.24, 2.45) is 0 Å². The van der Waals surface area contributed by atoms with Crippen molar-refractivity contribution in [3.8, 4) is 0 Å². The maximum atomic E-state index is 13.5. The molecule has 37 heavy (non-hydrogen) atoms. The van der Waals surface area contributed by atoms with Gasteiger partial charge in [-0.05, 0) is 58.9 Å². The van der Waals surface area contributed by atoms with Crippen molar-refractivity contribution in [1.29, 1.82) is 0 Å². The van der Waals surface area contributed by atoms with Gasteiger partial charge in [-0.15, -0.1) is 0 Å². The van der Waals surface area contributed by atoms with Crippen molar-refractivity contribution in [1.82, 2.24) is 9.88 Å². The van der Waals surface area contributed by atoms with Crippen LogP contribution in [-0.4, -0.2) is 21.5 Å². The summed E-state index contributed by atoms with van der Waals surface area (Å²) < 4.78 is 2.13. The third-order valence-corrected chi connectivity index (χ3v) is 7.09. The molecule has 5 aromatic rings. The van der Waals surface area contributed by atoms with E-state index in [4.69, 9.17) is 23.8 Å². The fourth-order valence-corrected chi connectivity index (χ4v) is 5.21. The van der Waals surface area contributed by atoms with E-state index < -0.39 is 11.8 Å². The SMILES string of the molecule is O=C1NC(=S)N(c2ccccc2Cl)C(=O)/C1=C/c1cn(Cc2ccc3ccccc3c2)c2ccccc12. The van der Waals surface area contributed by atoms with Crippen molar-refractivity contribution in [2.75, 3.05) is 4.90 Å². The molecule has 1 fully saturated rings. The number of halogens is 1. The molecule has 0 unspecified atom stereocenters. The Morgan fingerprint density at radius 2 is 1.59 bits per heavy atom. The molecule has 0 bridgehead atoms. The number of amides is 2. The highest BCUT2D eigenvalue weighted by Crippen LogP contribution is 2.30. The Morgan fingerprint density at radius 1 is 0.865 bits per heavy atom. The molecule has 5 nitrogen and oxygen atoms in total. The van der Waals surface area contributed by atoms with Gasteiger partial charge in [-0.2, -0.15) is 0 Å². The van der Waals surface area contributed by atoms with Crippen LogP contribution in [0, 0.1) is 0 Å². The predicted molar refractivity (Wildman–Crippen MR) is 153 cm³/mol. The number of thiocarbonyl (C=S) groups is 1. The van der Waals surface area contributed by atoms with E-state index in [2.05, 4.69) is 40.2 Å². The second-order valence-electron chi connectivity index (χ2n) is 8.82. The molecular formula is C30H20ClN3O2S. The molecule has 180 valence electrons. The topological polar surface area (TPSA) is 54.3 Å². The maximum Gasteiger partial charge on any atom is 0.270 e. The summed E-state index contributed by atoms with van der Waals surface area (Å²) in [6.45, 7) is 0.643. The Kier molecular flexibility index (Phi) is 5.83. The summed E-state index contributed by atoms with van der Waals surface area (Å²) in [5, 5.41) is 6.30. The Balaban J connectivity index is 1.41. The second-order valence-corrected chi connectivity index (χ2v) is 9.61. The lowest BCUT2D eigenvalue weighted by Gasteiger charge is -2.29. The molecular weight excluding hydrogens is 502 g/mol. The van der Waals surface area contributed by atoms with Crippen LogP contribution >= 0.6 is 23.8 Å². The summed E-state index contributed by atoms with van der Waals surface area (Å²) in [5.41, 5.74) is 3.33. The molecule has 1 saturated heterocycles. The molecule has 6 rings (SSSR count). The van der Waals surface area contributed by atoms with Crippen molar-refractivity contribution in [3.05, 3.63) is 119 Å². The number of carbonyl (C=O) groups is 2. The van der Waals surface area contributed by atoms with Gasteiger partial charge in [0.25, 0.3) is 11.8 Å². The zero-order valence-electron chi connectivity index (χ0n) is 19.5. The number of hydrogen-bond acceptors (Lipinski definition) is 3. The van der Waals surface area contributed by atoms with E-state index in [0.29, 0.717) is 17.3 Å². The highest BCUT2D eigenvalue weighted by Gasteiger charge is 2.35. The number of anilines is 1. The zero-order chi connectivity index (χ0) is 25.5. The highest BCUT2D eigenvalue weighted by molar-refractivity contribution is 7.80. The van der Waals surface area contributed by atoms with Crippen LogP contribution in [0.2, 0.25) is 5.02 Å². The van der Waals surface area contributed by atoms with Crippen molar-refractivity contribution in [2.45, 2.75) is 6.54 Å². The van der Waals surface area contributed by atoms with Gasteiger partial charge in [-0.25, -0.2) is 0 Å². The van der Waals surface area contributed by atoms with Crippen LogP contribution in [0.4, 0.5) is 5.69 Å². The first-order valence-corrected chi connectivity index (χ1v) is 12.5. The Hall–Kier alpha value is -4.26. The van der Waals surface area contributed by atoms with Crippen molar-refractivity contribution in [3.63, 3.8) is 0 Å². The zero-order valence-corrected chi connectivity index (χ0v) is 21.1. The van der Waals surface area contributed by atoms with Crippen molar-refractivity contribution >= 4 is 74.2 Å². The van der Waals surface area contributed by atoms with Crippen LogP contribution in [0.3, 0.4) is 0 Å². The fraction of sp³-hybridized carbons (Fsp3) is 0.0333. The minimum absolute atomic E-state index is 0.000942. The molecule has 0 spiro atoms. The van der Waals surface area contributed by atoms with Gasteiger partial charge in [-0.3, -0.25) is 19.8 Å². The quantitative estimate of drug-likeness (QED) is 0.171. The molecule has 1 aliphatic heterocycles. The maximum absolute atomic E-state index is 13.5. The molecule has 7 heteroatoms. The third kappa shape index (κ3) is 4.20. The van der Waals surface area contributed by atoms with E-state index in [9.17, 15) is 9.59 Å². The van der Waals surface area contributed by atoms with Crippen LogP contribution < -0.4 is 10.2 Å². The molecule has 1 aliphatic rings. The number of fused-ring (bicyclic) bond motifs is 2. The Labute approximate surface area is 223 Å². The minimum atomic E-state index is -0.537. The molecule has 1 N–H and O–H groups in total. The average Bonchev–Trinajstić information content (AvgIpc) is 3.24. The van der Waals surface area contributed by atoms with Crippen LogP contribution in [0.15, 0.2) is 103 Å². The number of nitrogens with one attached hydrogen (secondary N) is 1. The van der Waals surface area contributed by atoms with E-state index in [-0.39, 0.29) is 10.7 Å². The number of carbonyl (C=O) groups excluding carboxylic acids is 2. The first-order valence-electron chi connectivity index (χ1n) is 11.7. The Morgan fingerprint density at radius 3 is 2.43 bits per heavy atom. The molecule has 0 aliphatic carbocycles. The van der Waals surface area contributed by atoms with Crippen molar-refractivity contribution < 1.29 is 9.59 Å². The predicted octanol–water partition coefficient (Wildman–Crippen LogP) is 6.33. The lowest BCUT2D eigenvalue weighted by Crippen LogP contribution is -2.54. The summed E-state index contributed by atoms with van der Waals surface area (Å²) in [4.78, 5) is 27.7. The van der Waals surface area contributed by atoms with Crippen LogP contribution in [0.25, 0.3) is 27.8 Å². The monoisotopic (exact) mass is 521 g/mol. The van der Waals surface area contributed by atoms with E-state index in [0.717, 1.165) is 22.0 Å². The van der Waals surface area contributed by atoms with E-state index in [1.165, 1.54) is 15.7 Å². The average molecular weight is 522 g/mol. The number of benzene rings is 4. The number of aromatic nitrogens is 1. The summed E-state index contributed by atoms with van der Waals surface area (Å²) in [5.74, 6) is -1.06. The molecule has 2 amide bonds. The van der Waals surface area contributed by atoms with Gasteiger partial charge in [0, 0.05) is 29.2 Å². The minimum Gasteiger partial charge on any atom is -0.342 e. The molecule has 0 saturated carbocycles. The number of nitrogens with zero attached hydrogens (tertiary/aromatic N) is 2. The number of rotatable bonds is 4. The number of para-hydroxylation sites is 2. The van der Waals surface area contributed by atoms with Gasteiger partial charge in [0.1, 0.15) is 5.57 Å². The van der Waals surface area contributed by atoms with E-state index in [1.807, 2.05) is 42.6 Å². The van der Waals surface area contributed by atoms with Crippen LogP contribution in [-0.2, 0) is 16.1 Å². The summed E-state index contributed by atoms with van der Waals surface area (Å²) in [6, 6.07) is 29.5. The van der Waals surface area contributed by atoms with Gasteiger partial charge < -0.3 is 4.57 Å². The third-order valence-electron chi connectivity index (χ3n) is 6.48.